The number of rotatable bonds is 5. The smallest absolute Gasteiger partial charge is 0.167 e. The van der Waals surface area contributed by atoms with Crippen LogP contribution in [0, 0.1) is 23.0 Å². The summed E-state index contributed by atoms with van der Waals surface area (Å²) in [6.07, 6.45) is 1.73. The number of nitrogen functional groups attached to an aromatic ring is 1. The summed E-state index contributed by atoms with van der Waals surface area (Å²) >= 11 is 0. The Morgan fingerprint density at radius 3 is 2.69 bits per heavy atom. The van der Waals surface area contributed by atoms with Crippen LogP contribution in [0.5, 0.6) is 5.75 Å². The third-order valence-electron chi connectivity index (χ3n) is 1.99. The van der Waals surface area contributed by atoms with Crippen LogP contribution in [0.3, 0.4) is 0 Å². The summed E-state index contributed by atoms with van der Waals surface area (Å²) in [5.74, 6) is -1.53. The average molecular weight is 226 g/mol. The Hall–Kier alpha value is -1.83. The maximum Gasteiger partial charge on any atom is 0.167 e. The van der Waals surface area contributed by atoms with Crippen LogP contribution in [-0.2, 0) is 0 Å². The fourth-order valence-electron chi connectivity index (χ4n) is 1.14. The predicted octanol–water partition coefficient (Wildman–Crippen LogP) is 2.62. The van der Waals surface area contributed by atoms with Gasteiger partial charge in [0.15, 0.2) is 11.6 Å². The first-order chi connectivity index (χ1) is 7.65. The minimum atomic E-state index is -0.701. The lowest BCUT2D eigenvalue weighted by Gasteiger charge is -2.07. The molecular formula is C11H12F2N2O. The van der Waals surface area contributed by atoms with Gasteiger partial charge in [-0.2, -0.15) is 5.26 Å². The van der Waals surface area contributed by atoms with Crippen LogP contribution in [-0.4, -0.2) is 6.61 Å². The van der Waals surface area contributed by atoms with Crippen molar-refractivity contribution >= 4 is 5.69 Å². The number of anilines is 1. The van der Waals surface area contributed by atoms with Crippen molar-refractivity contribution in [2.24, 2.45) is 0 Å². The van der Waals surface area contributed by atoms with Gasteiger partial charge in [0.05, 0.1) is 18.4 Å². The average Bonchev–Trinajstić information content (AvgIpc) is 2.25. The number of benzene rings is 1. The normalized spacial score (nSPS) is 9.81. The largest absolute Gasteiger partial charge is 0.490 e. The van der Waals surface area contributed by atoms with Crippen LogP contribution >= 0.6 is 0 Å². The molecular weight excluding hydrogens is 214 g/mol. The molecule has 0 amide bonds. The van der Waals surface area contributed by atoms with Crippen molar-refractivity contribution in [2.75, 3.05) is 12.3 Å². The number of hydrogen-bond acceptors (Lipinski definition) is 3. The highest BCUT2D eigenvalue weighted by Gasteiger charge is 2.08. The van der Waals surface area contributed by atoms with Crippen LogP contribution < -0.4 is 10.5 Å². The molecule has 0 aromatic heterocycles. The van der Waals surface area contributed by atoms with Gasteiger partial charge in [-0.15, -0.1) is 0 Å². The van der Waals surface area contributed by atoms with Gasteiger partial charge in [-0.1, -0.05) is 0 Å². The maximum absolute atomic E-state index is 13.2. The third-order valence-corrected chi connectivity index (χ3v) is 1.99. The van der Waals surface area contributed by atoms with Gasteiger partial charge in [-0.05, 0) is 12.8 Å². The molecule has 5 heteroatoms. The van der Waals surface area contributed by atoms with Gasteiger partial charge in [0.25, 0.3) is 0 Å². The SMILES string of the molecule is N#CCCCCOc1cc(F)c(N)cc1F. The summed E-state index contributed by atoms with van der Waals surface area (Å²) in [5.41, 5.74) is 4.94. The number of hydrogen-bond donors (Lipinski definition) is 1. The maximum atomic E-state index is 13.2. The zero-order chi connectivity index (χ0) is 12.0. The number of ether oxygens (including phenoxy) is 1. The number of nitrogens with zero attached hydrogens (tertiary/aromatic N) is 1. The Labute approximate surface area is 92.4 Å². The van der Waals surface area contributed by atoms with E-state index in [0.717, 1.165) is 12.1 Å². The van der Waals surface area contributed by atoms with Crippen molar-refractivity contribution in [1.82, 2.24) is 0 Å². The van der Waals surface area contributed by atoms with Crippen LogP contribution in [0.15, 0.2) is 12.1 Å². The summed E-state index contributed by atoms with van der Waals surface area (Å²) in [6.45, 7) is 0.252. The standard InChI is InChI=1S/C11H12F2N2O/c12-8-7-11(9(13)6-10(8)15)16-5-3-1-2-4-14/h6-7H,1-3,5,15H2. The molecule has 0 fully saturated rings. The lowest BCUT2D eigenvalue weighted by molar-refractivity contribution is 0.291. The van der Waals surface area contributed by atoms with Crippen LogP contribution in [0.4, 0.5) is 14.5 Å². The lowest BCUT2D eigenvalue weighted by Crippen LogP contribution is -2.01. The van der Waals surface area contributed by atoms with E-state index < -0.39 is 11.6 Å². The van der Waals surface area contributed by atoms with E-state index in [0.29, 0.717) is 19.3 Å². The first-order valence-corrected chi connectivity index (χ1v) is 4.89. The summed E-state index contributed by atoms with van der Waals surface area (Å²) < 4.78 is 31.2. The fraction of sp³-hybridized carbons (Fsp3) is 0.364. The summed E-state index contributed by atoms with van der Waals surface area (Å²) in [7, 11) is 0. The highest BCUT2D eigenvalue weighted by molar-refractivity contribution is 5.44. The first-order valence-electron chi connectivity index (χ1n) is 4.89. The molecule has 0 aliphatic heterocycles. The molecule has 1 aromatic carbocycles. The Kier molecular flexibility index (Phi) is 4.52. The minimum Gasteiger partial charge on any atom is -0.490 e. The van der Waals surface area contributed by atoms with Gasteiger partial charge in [0.2, 0.25) is 0 Å². The van der Waals surface area contributed by atoms with Crippen LogP contribution in [0.25, 0.3) is 0 Å². The van der Waals surface area contributed by atoms with Gasteiger partial charge >= 0.3 is 0 Å². The van der Waals surface area contributed by atoms with Crippen LogP contribution in [0.1, 0.15) is 19.3 Å². The molecule has 0 saturated carbocycles. The molecule has 0 spiro atoms. The first kappa shape index (κ1) is 12.2. The van der Waals surface area contributed by atoms with Crippen LogP contribution in [0.2, 0.25) is 0 Å². The molecule has 0 unspecified atom stereocenters. The van der Waals surface area contributed by atoms with Crippen molar-refractivity contribution < 1.29 is 13.5 Å². The number of unbranched alkanes of at least 4 members (excludes halogenated alkanes) is 2. The van der Waals surface area contributed by atoms with Gasteiger partial charge in [-0.3, -0.25) is 0 Å². The van der Waals surface area contributed by atoms with Gasteiger partial charge in [0.1, 0.15) is 5.82 Å². The Balaban J connectivity index is 2.48. The molecule has 0 aliphatic carbocycles. The zero-order valence-corrected chi connectivity index (χ0v) is 8.67. The zero-order valence-electron chi connectivity index (χ0n) is 8.67. The van der Waals surface area contributed by atoms with Gasteiger partial charge in [-0.25, -0.2) is 8.78 Å². The predicted molar refractivity (Wildman–Crippen MR) is 55.7 cm³/mol. The molecule has 86 valence electrons. The highest BCUT2D eigenvalue weighted by atomic mass is 19.1. The van der Waals surface area contributed by atoms with E-state index >= 15 is 0 Å². The second-order valence-electron chi connectivity index (χ2n) is 3.27. The Morgan fingerprint density at radius 2 is 2.00 bits per heavy atom. The molecule has 2 N–H and O–H groups in total. The van der Waals surface area contributed by atoms with E-state index in [1.54, 1.807) is 0 Å². The van der Waals surface area contributed by atoms with Crippen molar-refractivity contribution in [2.45, 2.75) is 19.3 Å². The number of nitriles is 1. The fourth-order valence-corrected chi connectivity index (χ4v) is 1.14. The second-order valence-corrected chi connectivity index (χ2v) is 3.27. The van der Waals surface area contributed by atoms with E-state index in [-0.39, 0.29) is 18.0 Å². The van der Waals surface area contributed by atoms with E-state index in [4.69, 9.17) is 15.7 Å². The van der Waals surface area contributed by atoms with E-state index in [9.17, 15) is 8.78 Å². The van der Waals surface area contributed by atoms with Crippen molar-refractivity contribution in [3.05, 3.63) is 23.8 Å². The summed E-state index contributed by atoms with van der Waals surface area (Å²) in [5, 5.41) is 8.28. The van der Waals surface area contributed by atoms with E-state index in [2.05, 4.69) is 0 Å². The molecule has 0 radical (unpaired) electrons. The van der Waals surface area contributed by atoms with E-state index in [1.807, 2.05) is 6.07 Å². The molecule has 1 rings (SSSR count). The number of nitrogens with two attached hydrogens (primary N) is 1. The Morgan fingerprint density at radius 1 is 1.25 bits per heavy atom. The van der Waals surface area contributed by atoms with Gasteiger partial charge in [0, 0.05) is 18.6 Å². The number of halogens is 2. The second kappa shape index (κ2) is 5.91. The molecule has 0 atom stereocenters. The molecule has 16 heavy (non-hydrogen) atoms. The lowest BCUT2D eigenvalue weighted by atomic mass is 10.2. The third kappa shape index (κ3) is 3.39. The molecule has 3 nitrogen and oxygen atoms in total. The molecule has 1 aromatic rings. The van der Waals surface area contributed by atoms with Gasteiger partial charge < -0.3 is 10.5 Å². The molecule has 0 saturated heterocycles. The van der Waals surface area contributed by atoms with E-state index in [1.165, 1.54) is 0 Å². The van der Waals surface area contributed by atoms with Crippen molar-refractivity contribution in [1.29, 1.82) is 5.26 Å². The molecule has 0 aliphatic rings. The topological polar surface area (TPSA) is 59.0 Å². The van der Waals surface area contributed by atoms with Crippen molar-refractivity contribution in [3.8, 4) is 11.8 Å². The Bertz CT molecular complexity index is 402. The summed E-state index contributed by atoms with van der Waals surface area (Å²) in [4.78, 5) is 0. The minimum absolute atomic E-state index is 0.149. The molecule has 0 heterocycles. The summed E-state index contributed by atoms with van der Waals surface area (Å²) in [6, 6.07) is 3.80. The monoisotopic (exact) mass is 226 g/mol. The highest BCUT2D eigenvalue weighted by Crippen LogP contribution is 2.23. The molecule has 0 bridgehead atoms. The van der Waals surface area contributed by atoms with Crippen molar-refractivity contribution in [3.63, 3.8) is 0 Å². The quantitative estimate of drug-likeness (QED) is 0.620.